The van der Waals surface area contributed by atoms with Crippen LogP contribution in [-0.4, -0.2) is 47.1 Å². The van der Waals surface area contributed by atoms with Gasteiger partial charge < -0.3 is 14.9 Å². The van der Waals surface area contributed by atoms with Gasteiger partial charge in [0.1, 0.15) is 0 Å². The van der Waals surface area contributed by atoms with Crippen molar-refractivity contribution in [3.05, 3.63) is 0 Å². The molecule has 0 amide bonds. The van der Waals surface area contributed by atoms with E-state index in [1.54, 1.807) is 11.8 Å². The van der Waals surface area contributed by atoms with Crippen molar-refractivity contribution in [3.8, 4) is 0 Å². The van der Waals surface area contributed by atoms with Gasteiger partial charge in [0.25, 0.3) is 0 Å². The smallest absolute Gasteiger partial charge is 0.0914 e. The maximum Gasteiger partial charge on any atom is 0.0914 e. The summed E-state index contributed by atoms with van der Waals surface area (Å²) in [4.78, 5) is 0. The lowest BCUT2D eigenvalue weighted by Crippen LogP contribution is -2.20. The molecule has 0 aromatic rings. The quantitative estimate of drug-likeness (QED) is 0.589. The van der Waals surface area contributed by atoms with Gasteiger partial charge in [0.2, 0.25) is 0 Å². The lowest BCUT2D eigenvalue weighted by atomic mass is 10.3. The van der Waals surface area contributed by atoms with E-state index in [1.165, 1.54) is 0 Å². The number of rotatable bonds is 3. The predicted octanol–water partition coefficient (Wildman–Crippen LogP) is -0.528. The molecule has 0 aromatic heterocycles. The Morgan fingerprint density at radius 1 is 1.50 bits per heavy atom. The van der Waals surface area contributed by atoms with Gasteiger partial charge in [0, 0.05) is 5.75 Å². The van der Waals surface area contributed by atoms with Crippen LogP contribution < -0.4 is 0 Å². The van der Waals surface area contributed by atoms with Crippen LogP contribution in [0.3, 0.4) is 0 Å². The molecule has 2 N–H and O–H groups in total. The number of hydrogen-bond donors (Lipinski definition) is 2. The number of aliphatic hydroxyl groups excluding tert-OH is 2. The van der Waals surface area contributed by atoms with Gasteiger partial charge in [-0.2, -0.15) is 11.8 Å². The monoisotopic (exact) mass is 164 g/mol. The normalized spacial score (nSPS) is 33.0. The summed E-state index contributed by atoms with van der Waals surface area (Å²) in [6.07, 6.45) is -0.337. The molecule has 0 aromatic carbocycles. The van der Waals surface area contributed by atoms with Crippen molar-refractivity contribution in [2.75, 3.05) is 25.6 Å². The first-order valence-corrected chi connectivity index (χ1v) is 4.37. The van der Waals surface area contributed by atoms with Crippen LogP contribution in [0.15, 0.2) is 0 Å². The second kappa shape index (κ2) is 4.18. The Morgan fingerprint density at radius 3 is 2.80 bits per heavy atom. The molecule has 0 aliphatic carbocycles. The second-order valence-corrected chi connectivity index (χ2v) is 3.58. The Morgan fingerprint density at radius 2 is 2.30 bits per heavy atom. The van der Waals surface area contributed by atoms with E-state index in [4.69, 9.17) is 9.84 Å². The van der Waals surface area contributed by atoms with E-state index < -0.39 is 0 Å². The molecule has 1 saturated heterocycles. The summed E-state index contributed by atoms with van der Waals surface area (Å²) in [6, 6.07) is 0. The average molecular weight is 164 g/mol. The van der Waals surface area contributed by atoms with Crippen molar-refractivity contribution < 1.29 is 14.9 Å². The van der Waals surface area contributed by atoms with Gasteiger partial charge in [-0.25, -0.2) is 0 Å². The topological polar surface area (TPSA) is 49.7 Å². The third kappa shape index (κ3) is 2.12. The van der Waals surface area contributed by atoms with Gasteiger partial charge in [-0.15, -0.1) is 0 Å². The van der Waals surface area contributed by atoms with Crippen molar-refractivity contribution in [1.29, 1.82) is 0 Å². The fourth-order valence-electron chi connectivity index (χ4n) is 0.887. The van der Waals surface area contributed by atoms with Gasteiger partial charge in [-0.1, -0.05) is 0 Å². The van der Waals surface area contributed by atoms with Gasteiger partial charge in [-0.05, 0) is 0 Å². The van der Waals surface area contributed by atoms with E-state index in [0.29, 0.717) is 19.0 Å². The van der Waals surface area contributed by atoms with E-state index in [9.17, 15) is 5.11 Å². The standard InChI is InChI=1S/C6H12O3S/c7-1-2-10-6-4-9-3-5(6)8/h5-8H,1-4H2. The molecule has 0 spiro atoms. The molecule has 4 heteroatoms. The highest BCUT2D eigenvalue weighted by molar-refractivity contribution is 8.00. The molecule has 1 aliphatic rings. The summed E-state index contributed by atoms with van der Waals surface area (Å²) in [7, 11) is 0. The largest absolute Gasteiger partial charge is 0.396 e. The SMILES string of the molecule is OCCSC1COCC1O. The Bertz CT molecular complexity index is 99.0. The third-order valence-electron chi connectivity index (χ3n) is 1.42. The number of thioether (sulfide) groups is 1. The summed E-state index contributed by atoms with van der Waals surface area (Å²) in [5.74, 6) is 0.686. The summed E-state index contributed by atoms with van der Waals surface area (Å²) in [5, 5.41) is 17.8. The van der Waals surface area contributed by atoms with Gasteiger partial charge in [0.15, 0.2) is 0 Å². The molecule has 1 rings (SSSR count). The molecule has 0 radical (unpaired) electrons. The highest BCUT2D eigenvalue weighted by Gasteiger charge is 2.25. The summed E-state index contributed by atoms with van der Waals surface area (Å²) >= 11 is 1.57. The Kier molecular flexibility index (Phi) is 3.48. The van der Waals surface area contributed by atoms with Crippen LogP contribution in [0.5, 0.6) is 0 Å². The fourth-order valence-corrected chi connectivity index (χ4v) is 1.79. The van der Waals surface area contributed by atoms with Crippen molar-refractivity contribution in [2.24, 2.45) is 0 Å². The Labute approximate surface area is 64.4 Å². The molecular weight excluding hydrogens is 152 g/mol. The van der Waals surface area contributed by atoms with Crippen molar-refractivity contribution in [3.63, 3.8) is 0 Å². The van der Waals surface area contributed by atoms with Crippen LogP contribution in [0.1, 0.15) is 0 Å². The van der Waals surface area contributed by atoms with E-state index in [0.717, 1.165) is 0 Å². The lowest BCUT2D eigenvalue weighted by molar-refractivity contribution is 0.127. The van der Waals surface area contributed by atoms with Crippen molar-refractivity contribution in [2.45, 2.75) is 11.4 Å². The van der Waals surface area contributed by atoms with Crippen molar-refractivity contribution in [1.82, 2.24) is 0 Å². The average Bonchev–Trinajstić information content (AvgIpc) is 2.31. The number of ether oxygens (including phenoxy) is 1. The zero-order chi connectivity index (χ0) is 7.40. The van der Waals surface area contributed by atoms with Gasteiger partial charge in [-0.3, -0.25) is 0 Å². The first kappa shape index (κ1) is 8.33. The van der Waals surface area contributed by atoms with Crippen LogP contribution in [0.2, 0.25) is 0 Å². The minimum Gasteiger partial charge on any atom is -0.396 e. The van der Waals surface area contributed by atoms with Crippen LogP contribution in [0.4, 0.5) is 0 Å². The zero-order valence-electron chi connectivity index (χ0n) is 5.69. The molecule has 10 heavy (non-hydrogen) atoms. The van der Waals surface area contributed by atoms with Crippen LogP contribution in [-0.2, 0) is 4.74 Å². The number of hydrogen-bond acceptors (Lipinski definition) is 4. The second-order valence-electron chi connectivity index (χ2n) is 2.24. The molecule has 1 aliphatic heterocycles. The molecule has 0 bridgehead atoms. The van der Waals surface area contributed by atoms with Crippen LogP contribution in [0.25, 0.3) is 0 Å². The highest BCUT2D eigenvalue weighted by Crippen LogP contribution is 2.20. The summed E-state index contributed by atoms with van der Waals surface area (Å²) < 4.78 is 5.01. The van der Waals surface area contributed by atoms with Crippen LogP contribution >= 0.6 is 11.8 Å². The summed E-state index contributed by atoms with van der Waals surface area (Å²) in [6.45, 7) is 1.24. The molecule has 3 nitrogen and oxygen atoms in total. The number of aliphatic hydroxyl groups is 2. The molecule has 1 fully saturated rings. The molecule has 60 valence electrons. The minimum absolute atomic E-state index is 0.173. The maximum absolute atomic E-state index is 9.19. The zero-order valence-corrected chi connectivity index (χ0v) is 6.51. The Balaban J connectivity index is 2.14. The maximum atomic E-state index is 9.19. The van der Waals surface area contributed by atoms with Gasteiger partial charge in [0.05, 0.1) is 31.2 Å². The van der Waals surface area contributed by atoms with E-state index in [1.807, 2.05) is 0 Å². The highest BCUT2D eigenvalue weighted by atomic mass is 32.2. The van der Waals surface area contributed by atoms with Crippen molar-refractivity contribution >= 4 is 11.8 Å². The Hall–Kier alpha value is 0.230. The minimum atomic E-state index is -0.337. The van der Waals surface area contributed by atoms with Crippen LogP contribution in [0, 0.1) is 0 Å². The van der Waals surface area contributed by atoms with E-state index >= 15 is 0 Å². The summed E-state index contributed by atoms with van der Waals surface area (Å²) in [5.41, 5.74) is 0. The fraction of sp³-hybridized carbons (Fsp3) is 1.00. The first-order chi connectivity index (χ1) is 4.84. The molecule has 1 heterocycles. The third-order valence-corrected chi connectivity index (χ3v) is 2.72. The molecule has 2 atom stereocenters. The molecule has 0 saturated carbocycles. The predicted molar refractivity (Wildman–Crippen MR) is 40.2 cm³/mol. The molecule has 2 unspecified atom stereocenters. The first-order valence-electron chi connectivity index (χ1n) is 3.33. The van der Waals surface area contributed by atoms with E-state index in [-0.39, 0.29) is 18.0 Å². The van der Waals surface area contributed by atoms with E-state index in [2.05, 4.69) is 0 Å². The lowest BCUT2D eigenvalue weighted by Gasteiger charge is -2.09. The van der Waals surface area contributed by atoms with Gasteiger partial charge >= 0.3 is 0 Å². The molecular formula is C6H12O3S.